The number of carboxylic acids is 1. The molecular formula is C12H19NO4. The fourth-order valence-electron chi connectivity index (χ4n) is 1.42. The van der Waals surface area contributed by atoms with E-state index in [2.05, 4.69) is 12.2 Å². The molecular weight excluding hydrogens is 222 g/mol. The molecule has 0 aromatic carbocycles. The Morgan fingerprint density at radius 2 is 2.35 bits per heavy atom. The molecule has 0 saturated carbocycles. The van der Waals surface area contributed by atoms with Crippen LogP contribution >= 0.6 is 0 Å². The first kappa shape index (κ1) is 13.7. The number of aromatic carboxylic acids is 1. The fraction of sp³-hybridized carbons (Fsp3) is 0.583. The Bertz CT molecular complexity index is 335. The molecule has 0 saturated heterocycles. The van der Waals surface area contributed by atoms with Crippen LogP contribution in [0.4, 0.5) is 0 Å². The second-order valence-electron chi connectivity index (χ2n) is 3.71. The van der Waals surface area contributed by atoms with E-state index in [-0.39, 0.29) is 5.56 Å². The molecule has 0 radical (unpaired) electrons. The third kappa shape index (κ3) is 5.01. The van der Waals surface area contributed by atoms with Crippen LogP contribution in [0.5, 0.6) is 0 Å². The predicted octanol–water partition coefficient (Wildman–Crippen LogP) is 1.88. The van der Waals surface area contributed by atoms with Crippen molar-refractivity contribution in [2.45, 2.75) is 26.3 Å². The van der Waals surface area contributed by atoms with Gasteiger partial charge in [0.05, 0.1) is 12.8 Å². The third-order valence-electron chi connectivity index (χ3n) is 2.25. The van der Waals surface area contributed by atoms with Crippen molar-refractivity contribution in [1.82, 2.24) is 5.32 Å². The minimum absolute atomic E-state index is 0.222. The van der Waals surface area contributed by atoms with Gasteiger partial charge >= 0.3 is 5.97 Å². The Labute approximate surface area is 101 Å². The number of hydrogen-bond donors (Lipinski definition) is 2. The number of ether oxygens (including phenoxy) is 1. The van der Waals surface area contributed by atoms with Gasteiger partial charge < -0.3 is 19.6 Å². The van der Waals surface area contributed by atoms with Crippen LogP contribution in [0.25, 0.3) is 0 Å². The summed E-state index contributed by atoms with van der Waals surface area (Å²) in [6.45, 7) is 4.81. The minimum atomic E-state index is -0.957. The van der Waals surface area contributed by atoms with Crippen LogP contribution in [-0.2, 0) is 11.3 Å². The first-order valence-corrected chi connectivity index (χ1v) is 5.83. The van der Waals surface area contributed by atoms with Crippen molar-refractivity contribution < 1.29 is 19.1 Å². The van der Waals surface area contributed by atoms with Crippen LogP contribution in [-0.4, -0.2) is 30.8 Å². The standard InChI is InChI=1S/C12H19NO4/c1-2-6-16-7-3-5-13-9-11-10(12(14)15)4-8-17-11/h4,8,13H,2-3,5-7,9H2,1H3,(H,14,15). The molecule has 0 bridgehead atoms. The lowest BCUT2D eigenvalue weighted by molar-refractivity contribution is 0.0694. The Balaban J connectivity index is 2.14. The third-order valence-corrected chi connectivity index (χ3v) is 2.25. The highest BCUT2D eigenvalue weighted by atomic mass is 16.5. The summed E-state index contributed by atoms with van der Waals surface area (Å²) >= 11 is 0. The van der Waals surface area contributed by atoms with Crippen LogP contribution in [0.1, 0.15) is 35.9 Å². The van der Waals surface area contributed by atoms with E-state index in [0.29, 0.717) is 12.3 Å². The van der Waals surface area contributed by atoms with Gasteiger partial charge in [0.1, 0.15) is 11.3 Å². The van der Waals surface area contributed by atoms with Crippen LogP contribution < -0.4 is 5.32 Å². The molecule has 1 heterocycles. The van der Waals surface area contributed by atoms with Gasteiger partial charge in [0.25, 0.3) is 0 Å². The van der Waals surface area contributed by atoms with Gasteiger partial charge in [-0.1, -0.05) is 6.92 Å². The maximum atomic E-state index is 10.8. The smallest absolute Gasteiger partial charge is 0.339 e. The molecule has 0 unspecified atom stereocenters. The van der Waals surface area contributed by atoms with Gasteiger partial charge in [0.2, 0.25) is 0 Å². The van der Waals surface area contributed by atoms with Gasteiger partial charge in [-0.2, -0.15) is 0 Å². The monoisotopic (exact) mass is 241 g/mol. The van der Waals surface area contributed by atoms with Crippen molar-refractivity contribution in [1.29, 1.82) is 0 Å². The summed E-state index contributed by atoms with van der Waals surface area (Å²) in [6.07, 6.45) is 3.33. The van der Waals surface area contributed by atoms with Crippen LogP contribution in [0.3, 0.4) is 0 Å². The molecule has 0 spiro atoms. The van der Waals surface area contributed by atoms with E-state index >= 15 is 0 Å². The van der Waals surface area contributed by atoms with E-state index in [0.717, 1.165) is 32.6 Å². The van der Waals surface area contributed by atoms with Gasteiger partial charge in [0, 0.05) is 13.2 Å². The van der Waals surface area contributed by atoms with Crippen molar-refractivity contribution in [2.24, 2.45) is 0 Å². The lowest BCUT2D eigenvalue weighted by Crippen LogP contribution is -2.17. The first-order chi connectivity index (χ1) is 8.25. The maximum Gasteiger partial charge on any atom is 0.339 e. The van der Waals surface area contributed by atoms with Gasteiger partial charge in [-0.05, 0) is 25.5 Å². The summed E-state index contributed by atoms with van der Waals surface area (Å²) in [6, 6.07) is 1.46. The molecule has 5 nitrogen and oxygen atoms in total. The highest BCUT2D eigenvalue weighted by molar-refractivity contribution is 5.88. The topological polar surface area (TPSA) is 71.7 Å². The molecule has 1 aromatic rings. The van der Waals surface area contributed by atoms with E-state index in [1.165, 1.54) is 12.3 Å². The molecule has 0 amide bonds. The Hall–Kier alpha value is -1.33. The second kappa shape index (κ2) is 7.86. The summed E-state index contributed by atoms with van der Waals surface area (Å²) in [7, 11) is 0. The molecule has 17 heavy (non-hydrogen) atoms. The summed E-state index contributed by atoms with van der Waals surface area (Å²) in [4.78, 5) is 10.8. The highest BCUT2D eigenvalue weighted by Gasteiger charge is 2.12. The van der Waals surface area contributed by atoms with E-state index in [1.807, 2.05) is 0 Å². The minimum Gasteiger partial charge on any atom is -0.478 e. The van der Waals surface area contributed by atoms with Crippen molar-refractivity contribution >= 4 is 5.97 Å². The highest BCUT2D eigenvalue weighted by Crippen LogP contribution is 2.09. The van der Waals surface area contributed by atoms with E-state index in [1.54, 1.807) is 0 Å². The van der Waals surface area contributed by atoms with Crippen molar-refractivity contribution in [3.63, 3.8) is 0 Å². The molecule has 0 fully saturated rings. The van der Waals surface area contributed by atoms with Crippen molar-refractivity contribution in [2.75, 3.05) is 19.8 Å². The Morgan fingerprint density at radius 1 is 1.53 bits per heavy atom. The average Bonchev–Trinajstić information content (AvgIpc) is 2.76. The van der Waals surface area contributed by atoms with Gasteiger partial charge in [-0.25, -0.2) is 4.79 Å². The zero-order chi connectivity index (χ0) is 12.5. The fourth-order valence-corrected chi connectivity index (χ4v) is 1.42. The van der Waals surface area contributed by atoms with Gasteiger partial charge in [-0.15, -0.1) is 0 Å². The van der Waals surface area contributed by atoms with E-state index in [4.69, 9.17) is 14.3 Å². The van der Waals surface area contributed by atoms with Gasteiger partial charge in [-0.3, -0.25) is 0 Å². The molecule has 0 atom stereocenters. The molecule has 1 rings (SSSR count). The Morgan fingerprint density at radius 3 is 3.06 bits per heavy atom. The van der Waals surface area contributed by atoms with Gasteiger partial charge in [0.15, 0.2) is 0 Å². The normalized spacial score (nSPS) is 10.6. The second-order valence-corrected chi connectivity index (χ2v) is 3.71. The van der Waals surface area contributed by atoms with Crippen molar-refractivity contribution in [3.05, 3.63) is 23.7 Å². The number of carbonyl (C=O) groups is 1. The quantitative estimate of drug-likeness (QED) is 0.646. The van der Waals surface area contributed by atoms with E-state index in [9.17, 15) is 4.79 Å². The summed E-state index contributed by atoms with van der Waals surface area (Å²) in [5.41, 5.74) is 0.222. The molecule has 5 heteroatoms. The average molecular weight is 241 g/mol. The molecule has 0 aliphatic heterocycles. The molecule has 0 aliphatic carbocycles. The summed E-state index contributed by atoms with van der Waals surface area (Å²) in [5.74, 6) is -0.492. The first-order valence-electron chi connectivity index (χ1n) is 5.83. The Kier molecular flexibility index (Phi) is 6.35. The molecule has 96 valence electrons. The summed E-state index contributed by atoms with van der Waals surface area (Å²) in [5, 5.41) is 12.0. The molecule has 2 N–H and O–H groups in total. The van der Waals surface area contributed by atoms with Crippen LogP contribution in [0.2, 0.25) is 0 Å². The number of rotatable bonds is 9. The zero-order valence-corrected chi connectivity index (χ0v) is 10.1. The van der Waals surface area contributed by atoms with Crippen LogP contribution in [0, 0.1) is 0 Å². The SMILES string of the molecule is CCCOCCCNCc1occc1C(=O)O. The maximum absolute atomic E-state index is 10.8. The zero-order valence-electron chi connectivity index (χ0n) is 10.1. The molecule has 1 aromatic heterocycles. The number of furan rings is 1. The lowest BCUT2D eigenvalue weighted by atomic mass is 10.2. The van der Waals surface area contributed by atoms with Crippen LogP contribution in [0.15, 0.2) is 16.7 Å². The summed E-state index contributed by atoms with van der Waals surface area (Å²) < 4.78 is 10.4. The lowest BCUT2D eigenvalue weighted by Gasteiger charge is -2.04. The predicted molar refractivity (Wildman–Crippen MR) is 63.1 cm³/mol. The van der Waals surface area contributed by atoms with Crippen molar-refractivity contribution in [3.8, 4) is 0 Å². The number of nitrogens with one attached hydrogen (secondary N) is 1. The molecule has 0 aliphatic rings. The largest absolute Gasteiger partial charge is 0.478 e. The van der Waals surface area contributed by atoms with E-state index < -0.39 is 5.97 Å². The number of carboxylic acid groups (broad SMARTS) is 1. The number of hydrogen-bond acceptors (Lipinski definition) is 4.